The van der Waals surface area contributed by atoms with E-state index in [-0.39, 0.29) is 11.1 Å². The van der Waals surface area contributed by atoms with Crippen molar-refractivity contribution in [1.29, 1.82) is 0 Å². The zero-order valence-electron chi connectivity index (χ0n) is 9.87. The maximum absolute atomic E-state index is 12.0. The van der Waals surface area contributed by atoms with Crippen molar-refractivity contribution in [2.24, 2.45) is 7.05 Å². The monoisotopic (exact) mass is 249 g/mol. The average Bonchev–Trinajstić information content (AvgIpc) is 2.30. The summed E-state index contributed by atoms with van der Waals surface area (Å²) in [7, 11) is 1.65. The predicted octanol–water partition coefficient (Wildman–Crippen LogP) is 2.62. The molecule has 0 radical (unpaired) electrons. The number of nitrogens with zero attached hydrogens (tertiary/aromatic N) is 1. The van der Waals surface area contributed by atoms with E-state index in [1.165, 1.54) is 4.57 Å². The molecular formula is C13H12ClNO2. The van der Waals surface area contributed by atoms with Crippen molar-refractivity contribution in [2.75, 3.05) is 0 Å². The molecule has 0 unspecified atom stereocenters. The van der Waals surface area contributed by atoms with Gasteiger partial charge in [-0.25, -0.2) is 0 Å². The number of aryl methyl sites for hydroxylation is 3. The summed E-state index contributed by atoms with van der Waals surface area (Å²) in [6.45, 7) is 3.64. The lowest BCUT2D eigenvalue weighted by Gasteiger charge is -2.13. The van der Waals surface area contributed by atoms with Crippen LogP contribution in [0, 0.1) is 13.8 Å². The summed E-state index contributed by atoms with van der Waals surface area (Å²) >= 11 is 6.05. The molecule has 0 saturated heterocycles. The zero-order valence-corrected chi connectivity index (χ0v) is 10.6. The number of benzene rings is 1. The molecule has 1 aromatic heterocycles. The minimum absolute atomic E-state index is 0.210. The Morgan fingerprint density at radius 3 is 2.47 bits per heavy atom. The maximum atomic E-state index is 12.0. The number of aromatic nitrogens is 1. The highest BCUT2D eigenvalue weighted by molar-refractivity contribution is 6.32. The van der Waals surface area contributed by atoms with Crippen LogP contribution < -0.4 is 5.56 Å². The molecule has 88 valence electrons. The molecule has 3 nitrogen and oxygen atoms in total. The molecule has 4 heteroatoms. The van der Waals surface area contributed by atoms with Crippen LogP contribution in [0.4, 0.5) is 0 Å². The third-order valence-electron chi connectivity index (χ3n) is 3.16. The summed E-state index contributed by atoms with van der Waals surface area (Å²) in [4.78, 5) is 22.9. The van der Waals surface area contributed by atoms with Crippen LogP contribution in [-0.4, -0.2) is 10.9 Å². The summed E-state index contributed by atoms with van der Waals surface area (Å²) in [5.41, 5.74) is 2.27. The van der Waals surface area contributed by atoms with Crippen LogP contribution in [0.1, 0.15) is 21.5 Å². The summed E-state index contributed by atoms with van der Waals surface area (Å²) in [6.07, 6.45) is 0.612. The van der Waals surface area contributed by atoms with E-state index in [2.05, 4.69) is 0 Å². The minimum atomic E-state index is -0.282. The van der Waals surface area contributed by atoms with Gasteiger partial charge in [0.15, 0.2) is 6.29 Å². The van der Waals surface area contributed by atoms with Crippen LogP contribution in [0.3, 0.4) is 0 Å². The van der Waals surface area contributed by atoms with Crippen LogP contribution in [0.2, 0.25) is 5.02 Å². The van der Waals surface area contributed by atoms with E-state index in [9.17, 15) is 9.59 Å². The second-order valence-electron chi connectivity index (χ2n) is 4.09. The summed E-state index contributed by atoms with van der Waals surface area (Å²) < 4.78 is 1.48. The Balaban J connectivity index is 3.15. The second-order valence-corrected chi connectivity index (χ2v) is 4.50. The highest BCUT2D eigenvalue weighted by atomic mass is 35.5. The molecule has 0 bridgehead atoms. The van der Waals surface area contributed by atoms with Crippen LogP contribution in [-0.2, 0) is 7.05 Å². The van der Waals surface area contributed by atoms with Gasteiger partial charge >= 0.3 is 0 Å². The summed E-state index contributed by atoms with van der Waals surface area (Å²) in [5, 5.41) is 1.50. The average molecular weight is 250 g/mol. The van der Waals surface area contributed by atoms with E-state index >= 15 is 0 Å². The molecule has 1 heterocycles. The lowest BCUT2D eigenvalue weighted by molar-refractivity contribution is 0.112. The molecule has 0 N–H and O–H groups in total. The molecule has 0 aliphatic carbocycles. The van der Waals surface area contributed by atoms with Crippen molar-refractivity contribution in [3.05, 3.63) is 44.2 Å². The lowest BCUT2D eigenvalue weighted by Crippen LogP contribution is -2.23. The van der Waals surface area contributed by atoms with Crippen LogP contribution in [0.15, 0.2) is 16.9 Å². The smallest absolute Gasteiger partial charge is 0.261 e. The highest BCUT2D eigenvalue weighted by Gasteiger charge is 2.13. The first kappa shape index (κ1) is 11.9. The number of carbonyl (C=O) groups excluding carboxylic acids is 1. The molecule has 1 aromatic carbocycles. The van der Waals surface area contributed by atoms with Gasteiger partial charge in [0, 0.05) is 17.5 Å². The van der Waals surface area contributed by atoms with E-state index < -0.39 is 0 Å². The van der Waals surface area contributed by atoms with Crippen molar-refractivity contribution in [3.8, 4) is 0 Å². The lowest BCUT2D eigenvalue weighted by atomic mass is 10.0. The van der Waals surface area contributed by atoms with Crippen molar-refractivity contribution in [1.82, 2.24) is 4.57 Å². The van der Waals surface area contributed by atoms with Gasteiger partial charge in [0.2, 0.25) is 0 Å². The fourth-order valence-corrected chi connectivity index (χ4v) is 2.29. The normalized spacial score (nSPS) is 10.8. The Hall–Kier alpha value is -1.61. The van der Waals surface area contributed by atoms with Gasteiger partial charge in [-0.3, -0.25) is 9.59 Å². The maximum Gasteiger partial charge on any atom is 0.261 e. The first-order valence-corrected chi connectivity index (χ1v) is 5.60. The van der Waals surface area contributed by atoms with Crippen LogP contribution in [0.25, 0.3) is 10.9 Å². The second kappa shape index (κ2) is 4.00. The van der Waals surface area contributed by atoms with Gasteiger partial charge < -0.3 is 4.57 Å². The number of pyridine rings is 1. The number of rotatable bonds is 1. The fraction of sp³-hybridized carbons (Fsp3) is 0.231. The van der Waals surface area contributed by atoms with Gasteiger partial charge in [0.25, 0.3) is 5.56 Å². The number of hydrogen-bond acceptors (Lipinski definition) is 2. The molecule has 0 spiro atoms. The molecule has 0 saturated carbocycles. The Kier molecular flexibility index (Phi) is 2.79. The first-order valence-electron chi connectivity index (χ1n) is 5.22. The van der Waals surface area contributed by atoms with Crippen LogP contribution >= 0.6 is 11.6 Å². The largest absolute Gasteiger partial charge is 0.310 e. The van der Waals surface area contributed by atoms with Gasteiger partial charge in [-0.2, -0.15) is 0 Å². The molecule has 0 aliphatic heterocycles. The third kappa shape index (κ3) is 1.58. The molecule has 2 rings (SSSR count). The van der Waals surface area contributed by atoms with Crippen molar-refractivity contribution in [2.45, 2.75) is 13.8 Å². The number of halogens is 1. The summed E-state index contributed by atoms with van der Waals surface area (Å²) in [6, 6.07) is 3.62. The Morgan fingerprint density at radius 2 is 1.88 bits per heavy atom. The standard InChI is InChI=1S/C13H12ClNO2/c1-7-9-4-5-11(14)8(2)12(9)15(3)13(17)10(7)6-16/h4-6H,1-3H3. The Labute approximate surface area is 104 Å². The fourth-order valence-electron chi connectivity index (χ4n) is 2.14. The molecule has 2 aromatic rings. The van der Waals surface area contributed by atoms with Gasteiger partial charge in [-0.15, -0.1) is 0 Å². The number of carbonyl (C=O) groups is 1. The van der Waals surface area contributed by atoms with Crippen LogP contribution in [0.5, 0.6) is 0 Å². The van der Waals surface area contributed by atoms with E-state index in [1.807, 2.05) is 13.0 Å². The topological polar surface area (TPSA) is 39.1 Å². The van der Waals surface area contributed by atoms with E-state index in [1.54, 1.807) is 20.0 Å². The van der Waals surface area contributed by atoms with Gasteiger partial charge in [0.05, 0.1) is 11.1 Å². The first-order chi connectivity index (χ1) is 7.99. The number of hydrogen-bond donors (Lipinski definition) is 0. The number of aldehydes is 1. The van der Waals surface area contributed by atoms with Crippen molar-refractivity contribution in [3.63, 3.8) is 0 Å². The molecule has 0 fully saturated rings. The Bertz CT molecular complexity index is 686. The molecule has 0 amide bonds. The highest BCUT2D eigenvalue weighted by Crippen LogP contribution is 2.26. The quantitative estimate of drug-likeness (QED) is 0.729. The van der Waals surface area contributed by atoms with E-state index in [4.69, 9.17) is 11.6 Å². The van der Waals surface area contributed by atoms with Gasteiger partial charge in [-0.05, 0) is 31.0 Å². The van der Waals surface area contributed by atoms with Crippen molar-refractivity contribution >= 4 is 28.8 Å². The van der Waals surface area contributed by atoms with Crippen molar-refractivity contribution < 1.29 is 4.79 Å². The predicted molar refractivity (Wildman–Crippen MR) is 69.1 cm³/mol. The summed E-state index contributed by atoms with van der Waals surface area (Å²) in [5.74, 6) is 0. The third-order valence-corrected chi connectivity index (χ3v) is 3.57. The SMILES string of the molecule is Cc1c(C=O)c(=O)n(C)c2c(C)c(Cl)ccc12. The van der Waals surface area contributed by atoms with Gasteiger partial charge in [0.1, 0.15) is 0 Å². The van der Waals surface area contributed by atoms with E-state index in [0.29, 0.717) is 16.9 Å². The van der Waals surface area contributed by atoms with Gasteiger partial charge in [-0.1, -0.05) is 17.7 Å². The molecular weight excluding hydrogens is 238 g/mol. The Morgan fingerprint density at radius 1 is 1.24 bits per heavy atom. The number of fused-ring (bicyclic) bond motifs is 1. The molecule has 0 atom stereocenters. The van der Waals surface area contributed by atoms with E-state index in [0.717, 1.165) is 16.5 Å². The minimum Gasteiger partial charge on any atom is -0.310 e. The molecule has 17 heavy (non-hydrogen) atoms. The zero-order chi connectivity index (χ0) is 12.7. The molecule has 0 aliphatic rings.